The van der Waals surface area contributed by atoms with E-state index in [0.29, 0.717) is 10.4 Å². The summed E-state index contributed by atoms with van der Waals surface area (Å²) in [6, 6.07) is 1.43. The number of hydrogen-bond acceptors (Lipinski definition) is 6. The average Bonchev–Trinajstić information content (AvgIpc) is 2.94. The number of thiophene rings is 1. The molecule has 0 saturated carbocycles. The van der Waals surface area contributed by atoms with Crippen LogP contribution in [0.4, 0.5) is 0 Å². The van der Waals surface area contributed by atoms with Crippen LogP contribution in [-0.2, 0) is 11.3 Å². The summed E-state index contributed by atoms with van der Waals surface area (Å²) < 4.78 is 5.09. The standard InChI is InChI=1S/C11H10N2O3S2/c1-6-4-18-9(13-6)3-16-11(15)8-2-7(5-17-8)10(12)14/h2,4-5H,3H2,1H3,(H2,12,14). The van der Waals surface area contributed by atoms with Crippen molar-refractivity contribution in [1.29, 1.82) is 0 Å². The summed E-state index contributed by atoms with van der Waals surface area (Å²) in [6.07, 6.45) is 0. The summed E-state index contributed by atoms with van der Waals surface area (Å²) in [5.74, 6) is -1.03. The minimum atomic E-state index is -0.555. The van der Waals surface area contributed by atoms with Crippen LogP contribution in [0.15, 0.2) is 16.8 Å². The third-order valence-electron chi connectivity index (χ3n) is 2.08. The van der Waals surface area contributed by atoms with Gasteiger partial charge in [-0.15, -0.1) is 22.7 Å². The Labute approximate surface area is 111 Å². The maximum Gasteiger partial charge on any atom is 0.348 e. The Morgan fingerprint density at radius 3 is 2.72 bits per heavy atom. The first-order chi connectivity index (χ1) is 8.56. The Balaban J connectivity index is 1.97. The molecule has 2 aromatic heterocycles. The lowest BCUT2D eigenvalue weighted by Gasteiger charge is -1.99. The Bertz CT molecular complexity index is 589. The summed E-state index contributed by atoms with van der Waals surface area (Å²) in [4.78, 5) is 27.1. The van der Waals surface area contributed by atoms with Gasteiger partial charge in [0.1, 0.15) is 16.5 Å². The predicted octanol–water partition coefficient (Wildman–Crippen LogP) is 1.97. The van der Waals surface area contributed by atoms with Crippen LogP contribution in [0.3, 0.4) is 0 Å². The van der Waals surface area contributed by atoms with Crippen molar-refractivity contribution in [3.63, 3.8) is 0 Å². The first kappa shape index (κ1) is 12.7. The summed E-state index contributed by atoms with van der Waals surface area (Å²) in [5.41, 5.74) is 6.32. The highest BCUT2D eigenvalue weighted by Crippen LogP contribution is 2.17. The molecule has 94 valence electrons. The lowest BCUT2D eigenvalue weighted by Crippen LogP contribution is -2.09. The molecule has 2 heterocycles. The van der Waals surface area contributed by atoms with Gasteiger partial charge in [0, 0.05) is 16.5 Å². The van der Waals surface area contributed by atoms with Gasteiger partial charge in [-0.25, -0.2) is 9.78 Å². The molecule has 2 aromatic rings. The van der Waals surface area contributed by atoms with E-state index < -0.39 is 11.9 Å². The molecule has 0 aliphatic carbocycles. The van der Waals surface area contributed by atoms with Gasteiger partial charge in [-0.1, -0.05) is 0 Å². The number of thiazole rings is 1. The van der Waals surface area contributed by atoms with Crippen molar-refractivity contribution in [2.24, 2.45) is 5.73 Å². The Kier molecular flexibility index (Phi) is 3.73. The van der Waals surface area contributed by atoms with Gasteiger partial charge < -0.3 is 10.5 Å². The summed E-state index contributed by atoms with van der Waals surface area (Å²) in [5, 5.41) is 4.17. The minimum absolute atomic E-state index is 0.140. The normalized spacial score (nSPS) is 10.3. The van der Waals surface area contributed by atoms with Gasteiger partial charge in [0.2, 0.25) is 5.91 Å². The predicted molar refractivity (Wildman–Crippen MR) is 68.8 cm³/mol. The van der Waals surface area contributed by atoms with Gasteiger partial charge in [0.05, 0.1) is 5.56 Å². The van der Waals surface area contributed by atoms with E-state index in [2.05, 4.69) is 4.98 Å². The molecule has 0 aromatic carbocycles. The first-order valence-electron chi connectivity index (χ1n) is 5.02. The highest BCUT2D eigenvalue weighted by Gasteiger charge is 2.13. The molecule has 0 bridgehead atoms. The number of esters is 1. The second-order valence-corrected chi connectivity index (χ2v) is 5.38. The smallest absolute Gasteiger partial charge is 0.348 e. The number of nitrogens with two attached hydrogens (primary N) is 1. The number of amides is 1. The van der Waals surface area contributed by atoms with Crippen LogP contribution in [0.5, 0.6) is 0 Å². The monoisotopic (exact) mass is 282 g/mol. The first-order valence-corrected chi connectivity index (χ1v) is 6.78. The third-order valence-corrected chi connectivity index (χ3v) is 3.93. The fourth-order valence-electron chi connectivity index (χ4n) is 1.24. The molecular formula is C11H10N2O3S2. The molecule has 0 aliphatic heterocycles. The summed E-state index contributed by atoms with van der Waals surface area (Å²) in [6.45, 7) is 2.02. The number of ether oxygens (including phenoxy) is 1. The zero-order valence-corrected chi connectivity index (χ0v) is 11.1. The quantitative estimate of drug-likeness (QED) is 0.869. The Morgan fingerprint density at radius 1 is 1.39 bits per heavy atom. The number of aryl methyl sites for hydroxylation is 1. The van der Waals surface area contributed by atoms with Crippen LogP contribution in [0, 0.1) is 6.92 Å². The zero-order valence-electron chi connectivity index (χ0n) is 9.50. The summed E-state index contributed by atoms with van der Waals surface area (Å²) in [7, 11) is 0. The van der Waals surface area contributed by atoms with Crippen molar-refractivity contribution in [3.05, 3.63) is 38.0 Å². The number of nitrogens with zero attached hydrogens (tertiary/aromatic N) is 1. The van der Waals surface area contributed by atoms with Crippen LogP contribution < -0.4 is 5.73 Å². The van der Waals surface area contributed by atoms with E-state index >= 15 is 0 Å². The molecule has 2 rings (SSSR count). The number of carbonyl (C=O) groups excluding carboxylic acids is 2. The number of primary amides is 1. The molecule has 0 spiro atoms. The Hall–Kier alpha value is -1.73. The number of hydrogen-bond donors (Lipinski definition) is 1. The zero-order chi connectivity index (χ0) is 13.1. The molecule has 7 heteroatoms. The van der Waals surface area contributed by atoms with Crippen molar-refractivity contribution >= 4 is 34.6 Å². The van der Waals surface area contributed by atoms with Gasteiger partial charge in [0.25, 0.3) is 0 Å². The maximum absolute atomic E-state index is 11.7. The van der Waals surface area contributed by atoms with E-state index in [9.17, 15) is 9.59 Å². The number of carbonyl (C=O) groups is 2. The molecule has 2 N–H and O–H groups in total. The van der Waals surface area contributed by atoms with Crippen LogP contribution in [-0.4, -0.2) is 16.9 Å². The van der Waals surface area contributed by atoms with Crippen molar-refractivity contribution in [2.75, 3.05) is 0 Å². The SMILES string of the molecule is Cc1csc(COC(=O)c2cc(C(N)=O)cs2)n1. The molecule has 1 amide bonds. The average molecular weight is 282 g/mol. The highest BCUT2D eigenvalue weighted by atomic mass is 32.1. The van der Waals surface area contributed by atoms with Crippen molar-refractivity contribution in [2.45, 2.75) is 13.5 Å². The molecular weight excluding hydrogens is 272 g/mol. The van der Waals surface area contributed by atoms with E-state index in [1.165, 1.54) is 22.8 Å². The van der Waals surface area contributed by atoms with Crippen molar-refractivity contribution in [3.8, 4) is 0 Å². The van der Waals surface area contributed by atoms with Crippen LogP contribution in [0.25, 0.3) is 0 Å². The molecule has 0 aliphatic rings. The lowest BCUT2D eigenvalue weighted by atomic mass is 10.3. The highest BCUT2D eigenvalue weighted by molar-refractivity contribution is 7.12. The van der Waals surface area contributed by atoms with Crippen LogP contribution in [0.2, 0.25) is 0 Å². The molecule has 5 nitrogen and oxygen atoms in total. The van der Waals surface area contributed by atoms with Crippen LogP contribution in [0.1, 0.15) is 30.7 Å². The molecule has 0 unspecified atom stereocenters. The van der Waals surface area contributed by atoms with E-state index in [1.807, 2.05) is 12.3 Å². The summed E-state index contributed by atoms with van der Waals surface area (Å²) >= 11 is 2.57. The molecule has 18 heavy (non-hydrogen) atoms. The van der Waals surface area contributed by atoms with Crippen molar-refractivity contribution in [1.82, 2.24) is 4.98 Å². The van der Waals surface area contributed by atoms with E-state index in [-0.39, 0.29) is 6.61 Å². The number of rotatable bonds is 4. The minimum Gasteiger partial charge on any atom is -0.454 e. The molecule has 0 fully saturated rings. The fourth-order valence-corrected chi connectivity index (χ4v) is 2.71. The number of aromatic nitrogens is 1. The third kappa shape index (κ3) is 2.93. The van der Waals surface area contributed by atoms with Gasteiger partial charge in [-0.05, 0) is 13.0 Å². The maximum atomic E-state index is 11.7. The second-order valence-electron chi connectivity index (χ2n) is 3.52. The molecule has 0 atom stereocenters. The van der Waals surface area contributed by atoms with Gasteiger partial charge in [-0.3, -0.25) is 4.79 Å². The van der Waals surface area contributed by atoms with Crippen molar-refractivity contribution < 1.29 is 14.3 Å². The van der Waals surface area contributed by atoms with Gasteiger partial charge in [0.15, 0.2) is 0 Å². The second kappa shape index (κ2) is 5.28. The van der Waals surface area contributed by atoms with Gasteiger partial charge >= 0.3 is 5.97 Å². The molecule has 0 saturated heterocycles. The van der Waals surface area contributed by atoms with E-state index in [4.69, 9.17) is 10.5 Å². The lowest BCUT2D eigenvalue weighted by molar-refractivity contribution is 0.0478. The molecule has 0 radical (unpaired) electrons. The van der Waals surface area contributed by atoms with E-state index in [1.54, 1.807) is 0 Å². The topological polar surface area (TPSA) is 82.3 Å². The largest absolute Gasteiger partial charge is 0.454 e. The fraction of sp³-hybridized carbons (Fsp3) is 0.182. The van der Waals surface area contributed by atoms with Gasteiger partial charge in [-0.2, -0.15) is 0 Å². The Morgan fingerprint density at radius 2 is 2.17 bits per heavy atom. The van der Waals surface area contributed by atoms with Crippen LogP contribution >= 0.6 is 22.7 Å². The van der Waals surface area contributed by atoms with E-state index in [0.717, 1.165) is 22.0 Å².